The molecule has 1 aliphatic heterocycles. The first kappa shape index (κ1) is 18.4. The van der Waals surface area contributed by atoms with Gasteiger partial charge in [-0.15, -0.1) is 0 Å². The number of likely N-dealkylation sites (tertiary alicyclic amines) is 1. The van der Waals surface area contributed by atoms with Crippen molar-refractivity contribution >= 4 is 6.21 Å². The first-order valence-electron chi connectivity index (χ1n) is 8.46. The Morgan fingerprint density at radius 3 is 2.12 bits per heavy atom. The molecule has 1 aromatic carbocycles. The summed E-state index contributed by atoms with van der Waals surface area (Å²) >= 11 is 0. The summed E-state index contributed by atoms with van der Waals surface area (Å²) in [7, 11) is 4.77. The molecule has 0 bridgehead atoms. The van der Waals surface area contributed by atoms with Crippen LogP contribution in [0.4, 0.5) is 0 Å². The van der Waals surface area contributed by atoms with Crippen LogP contribution in [0.1, 0.15) is 31.2 Å². The number of benzene rings is 1. The van der Waals surface area contributed by atoms with Crippen molar-refractivity contribution in [3.8, 4) is 17.2 Å². The minimum atomic E-state index is 0.569. The van der Waals surface area contributed by atoms with Crippen molar-refractivity contribution < 1.29 is 19.0 Å². The molecule has 0 atom stereocenters. The Hall–Kier alpha value is -1.95. The fourth-order valence-electron chi connectivity index (χ4n) is 2.86. The molecule has 2 rings (SSSR count). The number of rotatable bonds is 8. The van der Waals surface area contributed by atoms with Gasteiger partial charge in [0.05, 0.1) is 27.5 Å². The second kappa shape index (κ2) is 10.0. The van der Waals surface area contributed by atoms with Crippen molar-refractivity contribution in [2.45, 2.75) is 25.7 Å². The van der Waals surface area contributed by atoms with E-state index in [-0.39, 0.29) is 0 Å². The van der Waals surface area contributed by atoms with Crippen molar-refractivity contribution in [1.29, 1.82) is 0 Å². The number of ether oxygens (including phenoxy) is 3. The molecule has 0 amide bonds. The van der Waals surface area contributed by atoms with Crippen molar-refractivity contribution in [3.63, 3.8) is 0 Å². The molecule has 0 saturated carbocycles. The Kier molecular flexibility index (Phi) is 7.68. The summed E-state index contributed by atoms with van der Waals surface area (Å²) in [6, 6.07) is 3.67. The fourth-order valence-corrected chi connectivity index (χ4v) is 2.86. The normalized spacial score (nSPS) is 16.0. The number of nitrogens with zero attached hydrogens (tertiary/aromatic N) is 2. The summed E-state index contributed by atoms with van der Waals surface area (Å²) in [6.45, 7) is 3.85. The molecule has 0 radical (unpaired) electrons. The van der Waals surface area contributed by atoms with E-state index in [2.05, 4.69) is 10.1 Å². The Morgan fingerprint density at radius 1 is 0.958 bits per heavy atom. The molecule has 1 aliphatic rings. The zero-order valence-electron chi connectivity index (χ0n) is 14.9. The van der Waals surface area contributed by atoms with Gasteiger partial charge in [-0.25, -0.2) is 0 Å². The molecule has 6 heteroatoms. The van der Waals surface area contributed by atoms with Crippen molar-refractivity contribution in [2.75, 3.05) is 47.6 Å². The summed E-state index contributed by atoms with van der Waals surface area (Å²) < 4.78 is 16.0. The van der Waals surface area contributed by atoms with Crippen LogP contribution >= 0.6 is 0 Å². The van der Waals surface area contributed by atoms with Crippen LogP contribution in [0.3, 0.4) is 0 Å². The summed E-state index contributed by atoms with van der Waals surface area (Å²) in [5.74, 6) is 1.77. The molecule has 134 valence electrons. The standard InChI is InChI=1S/C18H28N2O4/c1-21-16-12-15(13-17(22-2)18(16)23-3)14-19-24-11-10-20-8-6-4-5-7-9-20/h12-14H,4-11H2,1-3H3/b19-14+. The molecule has 0 N–H and O–H groups in total. The summed E-state index contributed by atoms with van der Waals surface area (Å²) in [5, 5.41) is 4.05. The number of hydrogen-bond donors (Lipinski definition) is 0. The maximum Gasteiger partial charge on any atom is 0.203 e. The topological polar surface area (TPSA) is 52.5 Å². The average Bonchev–Trinajstić information content (AvgIpc) is 2.89. The van der Waals surface area contributed by atoms with Crippen LogP contribution in [-0.4, -0.2) is 58.7 Å². The summed E-state index contributed by atoms with van der Waals surface area (Å²) in [5.41, 5.74) is 0.833. The van der Waals surface area contributed by atoms with Gasteiger partial charge in [0.15, 0.2) is 11.5 Å². The van der Waals surface area contributed by atoms with Crippen molar-refractivity contribution in [3.05, 3.63) is 17.7 Å². The maximum atomic E-state index is 5.40. The molecule has 0 aliphatic carbocycles. The van der Waals surface area contributed by atoms with E-state index in [1.54, 1.807) is 27.5 Å². The minimum Gasteiger partial charge on any atom is -0.493 e. The predicted octanol–water partition coefficient (Wildman–Crippen LogP) is 2.94. The van der Waals surface area contributed by atoms with Crippen LogP contribution in [0.15, 0.2) is 17.3 Å². The van der Waals surface area contributed by atoms with Crippen LogP contribution in [0, 0.1) is 0 Å². The first-order valence-corrected chi connectivity index (χ1v) is 8.46. The minimum absolute atomic E-state index is 0.569. The van der Waals surface area contributed by atoms with Gasteiger partial charge in [0.1, 0.15) is 6.61 Å². The third-order valence-electron chi connectivity index (χ3n) is 4.16. The SMILES string of the molecule is COc1cc(/C=N/OCCN2CCCCCC2)cc(OC)c1OC. The van der Waals surface area contributed by atoms with E-state index >= 15 is 0 Å². The highest BCUT2D eigenvalue weighted by atomic mass is 16.6. The lowest BCUT2D eigenvalue weighted by atomic mass is 10.2. The van der Waals surface area contributed by atoms with Gasteiger partial charge in [0, 0.05) is 12.1 Å². The Morgan fingerprint density at radius 2 is 1.58 bits per heavy atom. The molecule has 1 heterocycles. The Labute approximate surface area is 144 Å². The summed E-state index contributed by atoms with van der Waals surface area (Å²) in [6.07, 6.45) is 6.92. The highest BCUT2D eigenvalue weighted by Crippen LogP contribution is 2.37. The molecule has 24 heavy (non-hydrogen) atoms. The molecule has 1 aromatic rings. The highest BCUT2D eigenvalue weighted by molar-refractivity contribution is 5.82. The second-order valence-corrected chi connectivity index (χ2v) is 5.78. The lowest BCUT2D eigenvalue weighted by Gasteiger charge is -2.18. The van der Waals surface area contributed by atoms with Gasteiger partial charge in [0.2, 0.25) is 5.75 Å². The van der Waals surface area contributed by atoms with Crippen LogP contribution in [0.5, 0.6) is 17.2 Å². The second-order valence-electron chi connectivity index (χ2n) is 5.78. The lowest BCUT2D eigenvalue weighted by Crippen LogP contribution is -2.28. The lowest BCUT2D eigenvalue weighted by molar-refractivity contribution is 0.113. The predicted molar refractivity (Wildman–Crippen MR) is 94.6 cm³/mol. The fraction of sp³-hybridized carbons (Fsp3) is 0.611. The Balaban J connectivity index is 1.87. The van der Waals surface area contributed by atoms with E-state index in [1.807, 2.05) is 12.1 Å². The van der Waals surface area contributed by atoms with Gasteiger partial charge in [-0.3, -0.25) is 4.90 Å². The zero-order valence-corrected chi connectivity index (χ0v) is 14.9. The Bertz CT molecular complexity index is 501. The number of oxime groups is 1. The molecule has 0 aromatic heterocycles. The number of hydrogen-bond acceptors (Lipinski definition) is 6. The van der Waals surface area contributed by atoms with E-state index in [0.29, 0.717) is 23.9 Å². The molecular formula is C18H28N2O4. The van der Waals surface area contributed by atoms with E-state index in [0.717, 1.165) is 12.1 Å². The van der Waals surface area contributed by atoms with Crippen LogP contribution < -0.4 is 14.2 Å². The largest absolute Gasteiger partial charge is 0.493 e. The van der Waals surface area contributed by atoms with Crippen LogP contribution in [0.25, 0.3) is 0 Å². The molecule has 1 saturated heterocycles. The third kappa shape index (κ3) is 5.30. The third-order valence-corrected chi connectivity index (χ3v) is 4.16. The van der Waals surface area contributed by atoms with Gasteiger partial charge in [0.25, 0.3) is 0 Å². The highest BCUT2D eigenvalue weighted by Gasteiger charge is 2.12. The van der Waals surface area contributed by atoms with Gasteiger partial charge in [-0.2, -0.15) is 0 Å². The van der Waals surface area contributed by atoms with E-state index in [9.17, 15) is 0 Å². The maximum absolute atomic E-state index is 5.40. The van der Waals surface area contributed by atoms with Gasteiger partial charge in [-0.05, 0) is 38.1 Å². The van der Waals surface area contributed by atoms with Crippen molar-refractivity contribution in [1.82, 2.24) is 4.90 Å². The number of methoxy groups -OCH3 is 3. The van der Waals surface area contributed by atoms with Gasteiger partial charge in [-0.1, -0.05) is 18.0 Å². The summed E-state index contributed by atoms with van der Waals surface area (Å²) in [4.78, 5) is 7.85. The quantitative estimate of drug-likeness (QED) is 0.415. The smallest absolute Gasteiger partial charge is 0.203 e. The van der Waals surface area contributed by atoms with E-state index in [4.69, 9.17) is 19.0 Å². The monoisotopic (exact) mass is 336 g/mol. The van der Waals surface area contributed by atoms with E-state index in [1.165, 1.54) is 38.8 Å². The van der Waals surface area contributed by atoms with Gasteiger partial charge >= 0.3 is 0 Å². The molecular weight excluding hydrogens is 308 g/mol. The molecule has 0 unspecified atom stereocenters. The van der Waals surface area contributed by atoms with Crippen LogP contribution in [0.2, 0.25) is 0 Å². The first-order chi connectivity index (χ1) is 11.8. The van der Waals surface area contributed by atoms with Gasteiger partial charge < -0.3 is 19.0 Å². The average molecular weight is 336 g/mol. The molecule has 6 nitrogen and oxygen atoms in total. The zero-order chi connectivity index (χ0) is 17.2. The van der Waals surface area contributed by atoms with Crippen LogP contribution in [-0.2, 0) is 4.84 Å². The van der Waals surface area contributed by atoms with E-state index < -0.39 is 0 Å². The molecule has 1 fully saturated rings. The van der Waals surface area contributed by atoms with Crippen molar-refractivity contribution in [2.24, 2.45) is 5.16 Å². The molecule has 0 spiro atoms.